The minimum atomic E-state index is -2.43. The van der Waals surface area contributed by atoms with Gasteiger partial charge in [-0.05, 0) is 97.7 Å². The molecule has 5 fully saturated rings. The molecule has 22 nitrogen and oxygen atoms in total. The van der Waals surface area contributed by atoms with E-state index in [4.69, 9.17) is 58.7 Å². The predicted molar refractivity (Wildman–Crippen MR) is 328 cm³/mol. The normalized spacial score (nSPS) is 20.0. The topological polar surface area (TPSA) is 267 Å². The van der Waals surface area contributed by atoms with Gasteiger partial charge in [0, 0.05) is 155 Å². The highest BCUT2D eigenvalue weighted by molar-refractivity contribution is 7.92. The number of nitrogens with one attached hydrogen (secondary N) is 4. The molecule has 10 aromatic rings. The van der Waals surface area contributed by atoms with Crippen LogP contribution >= 0.6 is 11.6 Å². The van der Waals surface area contributed by atoms with Gasteiger partial charge in [0.2, 0.25) is 16.7 Å². The second kappa shape index (κ2) is 22.6. The number of ether oxygens (including phenoxy) is 2. The van der Waals surface area contributed by atoms with E-state index in [1.165, 1.54) is 0 Å². The van der Waals surface area contributed by atoms with Crippen molar-refractivity contribution in [1.29, 1.82) is 9.56 Å². The fourth-order valence-electron chi connectivity index (χ4n) is 11.3. The van der Waals surface area contributed by atoms with Crippen LogP contribution in [0, 0.1) is 9.56 Å². The summed E-state index contributed by atoms with van der Waals surface area (Å²) >= 11 is 6.23. The highest BCUT2D eigenvalue weighted by Crippen LogP contribution is 2.39. The summed E-state index contributed by atoms with van der Waals surface area (Å²) in [5.41, 5.74) is 9.32. The summed E-state index contributed by atoms with van der Waals surface area (Å²) < 4.78 is 75.0. The Balaban J connectivity index is 0.000000125. The van der Waals surface area contributed by atoms with Gasteiger partial charge in [-0.15, -0.1) is 0 Å². The van der Waals surface area contributed by atoms with Crippen molar-refractivity contribution in [1.82, 2.24) is 49.7 Å². The van der Waals surface area contributed by atoms with E-state index in [9.17, 15) is 8.42 Å². The van der Waals surface area contributed by atoms with Crippen LogP contribution in [0.15, 0.2) is 94.3 Å². The molecule has 0 unspecified atom stereocenters. The second-order valence-corrected chi connectivity index (χ2v) is 28.2. The molecule has 13 heterocycles. The lowest BCUT2D eigenvalue weighted by Crippen LogP contribution is -2.41. The number of anilines is 2. The van der Waals surface area contributed by atoms with Gasteiger partial charge in [-0.1, -0.05) is 24.3 Å². The van der Waals surface area contributed by atoms with Crippen LogP contribution in [-0.4, -0.2) is 178 Å². The number of rotatable bonds is 8. The number of fused-ring (bicyclic) bond motifs is 8. The van der Waals surface area contributed by atoms with Crippen molar-refractivity contribution in [2.24, 2.45) is 0 Å². The summed E-state index contributed by atoms with van der Waals surface area (Å²) in [6.45, 7) is 17.7. The van der Waals surface area contributed by atoms with Crippen molar-refractivity contribution >= 4 is 121 Å². The van der Waals surface area contributed by atoms with Crippen LogP contribution in [0.25, 0.3) is 77.6 Å². The van der Waals surface area contributed by atoms with Gasteiger partial charge in [0.1, 0.15) is 11.0 Å². The number of hydrogen-bond donors (Lipinski definition) is 4. The first-order valence-electron chi connectivity index (χ1n) is 28.3. The summed E-state index contributed by atoms with van der Waals surface area (Å²) in [4.78, 5) is 43.2. The Hall–Kier alpha value is -6.81. The van der Waals surface area contributed by atoms with Crippen molar-refractivity contribution in [2.75, 3.05) is 112 Å². The molecule has 0 aliphatic carbocycles. The van der Waals surface area contributed by atoms with E-state index in [-0.39, 0.29) is 23.6 Å². The molecule has 0 saturated carbocycles. The maximum atomic E-state index is 12.1. The van der Waals surface area contributed by atoms with E-state index in [0.717, 1.165) is 79.2 Å². The first kappa shape index (κ1) is 56.3. The number of H-pyrrole nitrogens is 2. The van der Waals surface area contributed by atoms with E-state index in [1.54, 1.807) is 6.20 Å². The maximum Gasteiger partial charge on any atom is 0.495 e. The van der Waals surface area contributed by atoms with E-state index in [1.807, 2.05) is 55.0 Å². The zero-order chi connectivity index (χ0) is 58.0. The Labute approximate surface area is 491 Å². The highest BCUT2D eigenvalue weighted by atomic mass is 35.5. The van der Waals surface area contributed by atoms with Gasteiger partial charge in [-0.2, -0.15) is 4.98 Å². The number of hydrogen-bond acceptors (Lipinski definition) is 20. The largest absolute Gasteiger partial charge is 0.495 e. The standard InChI is InChI=1S/C26H27N7O3S.C18H21ClN6O3S.C14H18BNO2/c27-37(34)12-8-32(9-13-37)16-17-14-20-22-23(36-26(20)29-15-17)25(33-6-10-35-11-7-33)31-24(30-22)19-2-1-3-21-18(19)4-5-28-21;19-18-22-14-13-9-12(11-24-3-7-29(20,26)8-4-24)10-21-17(13)28-15(14)16(23-18)25-1-5-27-6-2-25;1-13(2)14(3,4)18-15(17-13)11-6-5-7-12-10(11)8-9-16-12/h1-5,14-15,27-28H,6-13,16H2;9-10,20H,1-8,11H2;5-9,16H,1-4H3. The second-order valence-electron chi connectivity index (χ2n) is 22.9. The molecule has 0 bridgehead atoms. The molecule has 0 amide bonds. The van der Waals surface area contributed by atoms with E-state index >= 15 is 0 Å². The number of halogens is 1. The van der Waals surface area contributed by atoms with Gasteiger partial charge in [0.15, 0.2) is 28.6 Å². The molecule has 5 saturated heterocycles. The van der Waals surface area contributed by atoms with E-state index < -0.39 is 19.5 Å². The van der Waals surface area contributed by atoms with Gasteiger partial charge >= 0.3 is 7.12 Å². The SMILES string of the molecule is CC1(C)OB(c2cccc3[nH]ccc23)OC1(C)C.N=S1(=O)CCN(Cc2cnc3oc4c(N5CCOCC5)nc(-c5cccc6[nH]ccc56)nc4c3c2)CC1.N=S1(=O)CCN(Cc2cnc3oc4c(N5CCOCC5)nc(Cl)nc4c3c2)CC1. The quantitative estimate of drug-likeness (QED) is 0.0824. The summed E-state index contributed by atoms with van der Waals surface area (Å²) in [7, 11) is -5.12. The number of benzene rings is 2. The Bertz CT molecular complexity index is 4290. The van der Waals surface area contributed by atoms with Crippen LogP contribution in [0.4, 0.5) is 11.6 Å². The third kappa shape index (κ3) is 11.4. The number of nitrogens with zero attached hydrogens (tertiary/aromatic N) is 10. The number of pyridine rings is 2. The molecule has 8 aromatic heterocycles. The summed E-state index contributed by atoms with van der Waals surface area (Å²) in [6.07, 6.45) is 7.50. The molecule has 0 spiro atoms. The predicted octanol–water partition coefficient (Wildman–Crippen LogP) is 8.21. The van der Waals surface area contributed by atoms with Crippen LogP contribution in [0.2, 0.25) is 5.28 Å². The first-order valence-corrected chi connectivity index (χ1v) is 32.5. The smallest absolute Gasteiger partial charge is 0.432 e. The van der Waals surface area contributed by atoms with Crippen LogP contribution in [0.5, 0.6) is 0 Å². The van der Waals surface area contributed by atoms with Crippen LogP contribution < -0.4 is 15.3 Å². The minimum Gasteiger partial charge on any atom is -0.432 e. The lowest BCUT2D eigenvalue weighted by molar-refractivity contribution is 0.00578. The third-order valence-corrected chi connectivity index (χ3v) is 20.3. The zero-order valence-corrected chi connectivity index (χ0v) is 49.7. The van der Waals surface area contributed by atoms with Crippen LogP contribution in [0.1, 0.15) is 38.8 Å². The fourth-order valence-corrected chi connectivity index (χ4v) is 14.1. The highest BCUT2D eigenvalue weighted by Gasteiger charge is 2.52. The third-order valence-electron chi connectivity index (χ3n) is 16.7. The molecule has 0 radical (unpaired) electrons. The first-order chi connectivity index (χ1) is 40.4. The molecule has 4 N–H and O–H groups in total. The molecule has 0 atom stereocenters. The van der Waals surface area contributed by atoms with Crippen molar-refractivity contribution in [3.63, 3.8) is 0 Å². The Morgan fingerprint density at radius 1 is 0.595 bits per heavy atom. The van der Waals surface area contributed by atoms with Gasteiger partial charge < -0.3 is 47.4 Å². The average Bonchev–Trinajstić information content (AvgIpc) is 2.64. The van der Waals surface area contributed by atoms with E-state index in [2.05, 4.69) is 101 Å². The molecule has 5 aliphatic heterocycles. The van der Waals surface area contributed by atoms with Gasteiger partial charge in [-0.3, -0.25) is 19.4 Å². The lowest BCUT2D eigenvalue weighted by Gasteiger charge is -2.32. The molecule has 26 heteroatoms. The number of furan rings is 2. The average molecular weight is 1200 g/mol. The van der Waals surface area contributed by atoms with Crippen molar-refractivity contribution in [2.45, 2.75) is 52.0 Å². The van der Waals surface area contributed by atoms with Gasteiger partial charge in [0.25, 0.3) is 0 Å². The van der Waals surface area contributed by atoms with E-state index in [0.29, 0.717) is 142 Å². The summed E-state index contributed by atoms with van der Waals surface area (Å²) in [5.74, 6) is 3.75. The molecule has 84 heavy (non-hydrogen) atoms. The van der Waals surface area contributed by atoms with Crippen molar-refractivity contribution < 1.29 is 36.0 Å². The summed E-state index contributed by atoms with van der Waals surface area (Å²) in [5, 5.41) is 4.06. The Kier molecular flexibility index (Phi) is 15.1. The van der Waals surface area contributed by atoms with Gasteiger partial charge in [-0.25, -0.2) is 33.3 Å². The van der Waals surface area contributed by atoms with Crippen LogP contribution in [0.3, 0.4) is 0 Å². The zero-order valence-electron chi connectivity index (χ0n) is 47.3. The molecule has 2 aromatic carbocycles. The molecule has 5 aliphatic rings. The number of aromatic amines is 2. The fraction of sp³-hybridized carbons (Fsp3) is 0.414. The molecular formula is C58H66BClN14O8S2. The molecular weight excluding hydrogens is 1130 g/mol. The monoisotopic (exact) mass is 1200 g/mol. The van der Waals surface area contributed by atoms with Crippen molar-refractivity contribution in [3.05, 3.63) is 102 Å². The lowest BCUT2D eigenvalue weighted by atomic mass is 9.77. The van der Waals surface area contributed by atoms with Crippen LogP contribution in [-0.2, 0) is 51.3 Å². The maximum absolute atomic E-state index is 12.1. The number of morpholine rings is 2. The summed E-state index contributed by atoms with van der Waals surface area (Å²) in [6, 6.07) is 20.5. The minimum absolute atomic E-state index is 0.174. The molecule has 438 valence electrons. The number of aromatic nitrogens is 8. The molecule has 15 rings (SSSR count). The Morgan fingerprint density at radius 2 is 1.07 bits per heavy atom. The Morgan fingerprint density at radius 3 is 1.61 bits per heavy atom. The van der Waals surface area contributed by atoms with Gasteiger partial charge in [0.05, 0.1) is 48.4 Å². The van der Waals surface area contributed by atoms with Crippen molar-refractivity contribution in [3.8, 4) is 11.4 Å².